The van der Waals surface area contributed by atoms with E-state index < -0.39 is 11.1 Å². The number of hydrogen-bond acceptors (Lipinski definition) is 4. The van der Waals surface area contributed by atoms with E-state index in [9.17, 15) is 14.4 Å². The molecule has 162 valence electrons. The number of aromatic nitrogens is 3. The summed E-state index contributed by atoms with van der Waals surface area (Å²) in [6, 6.07) is 20.8. The van der Waals surface area contributed by atoms with Crippen LogP contribution in [0.25, 0.3) is 11.2 Å². The van der Waals surface area contributed by atoms with Crippen LogP contribution in [-0.2, 0) is 24.3 Å². The van der Waals surface area contributed by atoms with E-state index in [1.165, 1.54) is 9.13 Å². The minimum atomic E-state index is -0.740. The normalized spacial score (nSPS) is 10.9. The van der Waals surface area contributed by atoms with Crippen LogP contribution < -0.4 is 16.4 Å². The number of rotatable bonds is 7. The fourth-order valence-electron chi connectivity index (χ4n) is 3.74. The first-order chi connectivity index (χ1) is 15.5. The lowest BCUT2D eigenvalue weighted by Gasteiger charge is -2.14. The van der Waals surface area contributed by atoms with Crippen LogP contribution in [0, 0.1) is 6.92 Å². The summed E-state index contributed by atoms with van der Waals surface area (Å²) in [5, 5.41) is 2.84. The van der Waals surface area contributed by atoms with Crippen molar-refractivity contribution in [2.24, 2.45) is 0 Å². The molecule has 4 aromatic rings. The highest BCUT2D eigenvalue weighted by Crippen LogP contribution is 2.10. The van der Waals surface area contributed by atoms with Crippen LogP contribution in [0.3, 0.4) is 0 Å². The maximum atomic E-state index is 12.9. The number of hydrogen-bond donors (Lipinski definition) is 1. The van der Waals surface area contributed by atoms with E-state index in [2.05, 4.69) is 10.3 Å². The second kappa shape index (κ2) is 9.43. The fourth-order valence-corrected chi connectivity index (χ4v) is 3.74. The molecular formula is C25H24N4O3. The number of nitrogens with one attached hydrogen (secondary N) is 1. The van der Waals surface area contributed by atoms with E-state index in [0.29, 0.717) is 24.1 Å². The standard InChI is InChI=1S/C25H24N4O3/c1-18-8-5-6-11-20(18)13-15-26-22(30)17-28-21-12-7-14-27-23(21)29(25(32)24(28)31)16-19-9-3-2-4-10-19/h2-12,14H,13,15-17H2,1H3,(H,26,30). The van der Waals surface area contributed by atoms with Crippen molar-refractivity contribution in [3.05, 3.63) is 110 Å². The Hall–Kier alpha value is -4.00. The molecule has 2 heterocycles. The number of benzene rings is 2. The molecule has 0 bridgehead atoms. The van der Waals surface area contributed by atoms with Crippen molar-refractivity contribution < 1.29 is 4.79 Å². The molecule has 32 heavy (non-hydrogen) atoms. The number of carbonyl (C=O) groups is 1. The average Bonchev–Trinajstić information content (AvgIpc) is 2.81. The third kappa shape index (κ3) is 4.51. The predicted octanol–water partition coefficient (Wildman–Crippen LogP) is 2.27. The Labute approximate surface area is 185 Å². The molecule has 0 atom stereocenters. The van der Waals surface area contributed by atoms with Crippen LogP contribution in [0.1, 0.15) is 16.7 Å². The van der Waals surface area contributed by atoms with Crippen molar-refractivity contribution in [3.8, 4) is 0 Å². The van der Waals surface area contributed by atoms with Crippen LogP contribution in [0.4, 0.5) is 0 Å². The van der Waals surface area contributed by atoms with Gasteiger partial charge in [0.2, 0.25) is 5.91 Å². The van der Waals surface area contributed by atoms with Gasteiger partial charge in [-0.1, -0.05) is 54.6 Å². The van der Waals surface area contributed by atoms with Crippen molar-refractivity contribution >= 4 is 17.1 Å². The molecule has 0 aliphatic rings. The van der Waals surface area contributed by atoms with Gasteiger partial charge < -0.3 is 5.32 Å². The smallest absolute Gasteiger partial charge is 0.318 e. The molecule has 4 rings (SSSR count). The highest BCUT2D eigenvalue weighted by Gasteiger charge is 2.16. The third-order valence-electron chi connectivity index (χ3n) is 5.45. The van der Waals surface area contributed by atoms with E-state index in [1.54, 1.807) is 18.3 Å². The quantitative estimate of drug-likeness (QED) is 0.458. The van der Waals surface area contributed by atoms with Crippen LogP contribution in [0.5, 0.6) is 0 Å². The number of nitrogens with zero attached hydrogens (tertiary/aromatic N) is 3. The van der Waals surface area contributed by atoms with Gasteiger partial charge in [0.15, 0.2) is 5.65 Å². The van der Waals surface area contributed by atoms with Crippen molar-refractivity contribution in [2.45, 2.75) is 26.4 Å². The predicted molar refractivity (Wildman–Crippen MR) is 124 cm³/mol. The fraction of sp³-hybridized carbons (Fsp3) is 0.200. The zero-order chi connectivity index (χ0) is 22.5. The molecule has 7 heteroatoms. The lowest BCUT2D eigenvalue weighted by molar-refractivity contribution is -0.121. The van der Waals surface area contributed by atoms with Gasteiger partial charge in [-0.05, 0) is 42.2 Å². The number of pyridine rings is 1. The molecule has 0 radical (unpaired) electrons. The molecule has 2 aromatic heterocycles. The van der Waals surface area contributed by atoms with Crippen LogP contribution in [-0.4, -0.2) is 26.6 Å². The highest BCUT2D eigenvalue weighted by molar-refractivity contribution is 5.78. The summed E-state index contributed by atoms with van der Waals surface area (Å²) in [6.45, 7) is 2.46. The van der Waals surface area contributed by atoms with Crippen LogP contribution in [0.2, 0.25) is 0 Å². The van der Waals surface area contributed by atoms with Gasteiger partial charge >= 0.3 is 11.1 Å². The molecule has 1 amide bonds. The Balaban J connectivity index is 1.58. The first-order valence-electron chi connectivity index (χ1n) is 10.5. The van der Waals surface area contributed by atoms with Crippen LogP contribution in [0.15, 0.2) is 82.5 Å². The number of amides is 1. The van der Waals surface area contributed by atoms with Crippen molar-refractivity contribution in [1.29, 1.82) is 0 Å². The lowest BCUT2D eigenvalue weighted by atomic mass is 10.1. The molecule has 0 fully saturated rings. The average molecular weight is 428 g/mol. The van der Waals surface area contributed by atoms with Crippen LogP contribution >= 0.6 is 0 Å². The summed E-state index contributed by atoms with van der Waals surface area (Å²) in [6.07, 6.45) is 2.26. The Morgan fingerprint density at radius 1 is 0.906 bits per heavy atom. The molecule has 0 saturated carbocycles. The second-order valence-corrected chi connectivity index (χ2v) is 7.64. The van der Waals surface area contributed by atoms with E-state index in [-0.39, 0.29) is 19.0 Å². The van der Waals surface area contributed by atoms with Crippen molar-refractivity contribution in [3.63, 3.8) is 0 Å². The number of fused-ring (bicyclic) bond motifs is 1. The van der Waals surface area contributed by atoms with Gasteiger partial charge in [-0.15, -0.1) is 0 Å². The molecule has 7 nitrogen and oxygen atoms in total. The Kier molecular flexibility index (Phi) is 6.26. The third-order valence-corrected chi connectivity index (χ3v) is 5.45. The minimum absolute atomic E-state index is 0.228. The first-order valence-corrected chi connectivity index (χ1v) is 10.5. The summed E-state index contributed by atoms with van der Waals surface area (Å²) < 4.78 is 2.56. The molecule has 1 N–H and O–H groups in total. The Morgan fingerprint density at radius 3 is 2.41 bits per heavy atom. The maximum Gasteiger partial charge on any atom is 0.318 e. The summed E-state index contributed by atoms with van der Waals surface area (Å²) in [5.74, 6) is -0.328. The Bertz CT molecular complexity index is 1370. The van der Waals surface area contributed by atoms with Crippen molar-refractivity contribution in [1.82, 2.24) is 19.4 Å². The van der Waals surface area contributed by atoms with Gasteiger partial charge in [0.1, 0.15) is 6.54 Å². The topological polar surface area (TPSA) is 86.0 Å². The lowest BCUT2D eigenvalue weighted by Crippen LogP contribution is -2.44. The summed E-state index contributed by atoms with van der Waals surface area (Å²) >= 11 is 0. The molecule has 0 spiro atoms. The van der Waals surface area contributed by atoms with Gasteiger partial charge in [-0.2, -0.15) is 0 Å². The van der Waals surface area contributed by atoms with Gasteiger partial charge in [-0.25, -0.2) is 4.98 Å². The van der Waals surface area contributed by atoms with Gasteiger partial charge in [0, 0.05) is 12.7 Å². The molecule has 0 aliphatic heterocycles. The van der Waals surface area contributed by atoms with E-state index in [1.807, 2.05) is 61.5 Å². The largest absolute Gasteiger partial charge is 0.354 e. The van der Waals surface area contributed by atoms with Crippen molar-refractivity contribution in [2.75, 3.05) is 6.54 Å². The molecule has 0 saturated heterocycles. The summed E-state index contributed by atoms with van der Waals surface area (Å²) in [7, 11) is 0. The number of carbonyl (C=O) groups excluding carboxylic acids is 1. The molecule has 2 aromatic carbocycles. The first kappa shape index (κ1) is 21.2. The maximum absolute atomic E-state index is 12.9. The highest BCUT2D eigenvalue weighted by atomic mass is 16.2. The van der Waals surface area contributed by atoms with Gasteiger partial charge in [-0.3, -0.25) is 23.5 Å². The second-order valence-electron chi connectivity index (χ2n) is 7.64. The van der Waals surface area contributed by atoms with Gasteiger partial charge in [0.25, 0.3) is 0 Å². The van der Waals surface area contributed by atoms with E-state index >= 15 is 0 Å². The summed E-state index contributed by atoms with van der Waals surface area (Å²) in [4.78, 5) is 42.7. The minimum Gasteiger partial charge on any atom is -0.354 e. The molecular weight excluding hydrogens is 404 g/mol. The zero-order valence-corrected chi connectivity index (χ0v) is 17.8. The molecule has 0 aliphatic carbocycles. The van der Waals surface area contributed by atoms with E-state index in [0.717, 1.165) is 16.7 Å². The summed E-state index contributed by atoms with van der Waals surface area (Å²) in [5.41, 5.74) is 2.58. The molecule has 0 unspecified atom stereocenters. The number of aryl methyl sites for hydroxylation is 1. The van der Waals surface area contributed by atoms with E-state index in [4.69, 9.17) is 0 Å². The zero-order valence-electron chi connectivity index (χ0n) is 17.8. The monoisotopic (exact) mass is 428 g/mol. The van der Waals surface area contributed by atoms with Gasteiger partial charge in [0.05, 0.1) is 12.1 Å². The Morgan fingerprint density at radius 2 is 1.62 bits per heavy atom. The SMILES string of the molecule is Cc1ccccc1CCNC(=O)Cn1c(=O)c(=O)n(Cc2ccccc2)c2ncccc21.